The van der Waals surface area contributed by atoms with Crippen molar-refractivity contribution in [3.05, 3.63) is 71.8 Å². The maximum Gasteiger partial charge on any atom is 0.265 e. The molecular formula is C28H30N2O6. The Kier molecular flexibility index (Phi) is 7.95. The van der Waals surface area contributed by atoms with Crippen LogP contribution in [0.3, 0.4) is 0 Å². The van der Waals surface area contributed by atoms with Crippen LogP contribution < -0.4 is 29.2 Å². The second kappa shape index (κ2) is 11.5. The van der Waals surface area contributed by atoms with E-state index in [2.05, 4.69) is 5.32 Å². The summed E-state index contributed by atoms with van der Waals surface area (Å²) in [5.41, 5.74) is 2.62. The van der Waals surface area contributed by atoms with Crippen molar-refractivity contribution in [1.29, 1.82) is 0 Å². The Labute approximate surface area is 210 Å². The molecule has 0 saturated carbocycles. The van der Waals surface area contributed by atoms with Gasteiger partial charge in [0.05, 0.1) is 26.5 Å². The summed E-state index contributed by atoms with van der Waals surface area (Å²) >= 11 is 0. The number of nitrogens with zero attached hydrogens (tertiary/aromatic N) is 1. The average molecular weight is 491 g/mol. The fourth-order valence-electron chi connectivity index (χ4n) is 3.99. The van der Waals surface area contributed by atoms with Crippen molar-refractivity contribution in [1.82, 2.24) is 0 Å². The number of hydrogen-bond acceptors (Lipinski definition) is 6. The topological polar surface area (TPSA) is 86.3 Å². The van der Waals surface area contributed by atoms with Gasteiger partial charge in [-0.1, -0.05) is 23.8 Å². The summed E-state index contributed by atoms with van der Waals surface area (Å²) in [4.78, 5) is 27.4. The molecule has 0 atom stereocenters. The van der Waals surface area contributed by atoms with Crippen LogP contribution in [0.1, 0.15) is 28.8 Å². The van der Waals surface area contributed by atoms with Crippen LogP contribution in [0.5, 0.6) is 23.0 Å². The number of anilines is 2. The highest BCUT2D eigenvalue weighted by molar-refractivity contribution is 6.09. The summed E-state index contributed by atoms with van der Waals surface area (Å²) in [7, 11) is 2.99. The van der Waals surface area contributed by atoms with E-state index in [1.54, 1.807) is 41.3 Å². The minimum Gasteiger partial charge on any atom is -0.496 e. The third-order valence-corrected chi connectivity index (χ3v) is 5.88. The van der Waals surface area contributed by atoms with Crippen LogP contribution >= 0.6 is 0 Å². The number of rotatable bonds is 10. The molecule has 8 heteroatoms. The van der Waals surface area contributed by atoms with E-state index >= 15 is 0 Å². The van der Waals surface area contributed by atoms with Crippen LogP contribution in [0.2, 0.25) is 0 Å². The molecule has 0 aromatic heterocycles. The molecule has 4 rings (SSSR count). The Hall–Kier alpha value is -4.20. The van der Waals surface area contributed by atoms with Crippen molar-refractivity contribution < 1.29 is 28.5 Å². The second-order valence-electron chi connectivity index (χ2n) is 8.38. The zero-order valence-corrected chi connectivity index (χ0v) is 20.7. The predicted molar refractivity (Wildman–Crippen MR) is 138 cm³/mol. The van der Waals surface area contributed by atoms with Gasteiger partial charge in [-0.2, -0.15) is 0 Å². The molecule has 1 aliphatic rings. The Morgan fingerprint density at radius 1 is 1.00 bits per heavy atom. The van der Waals surface area contributed by atoms with Gasteiger partial charge in [-0.3, -0.25) is 9.59 Å². The van der Waals surface area contributed by atoms with Crippen LogP contribution in [-0.4, -0.2) is 45.8 Å². The molecule has 2 amide bonds. The van der Waals surface area contributed by atoms with Gasteiger partial charge in [-0.05, 0) is 62.2 Å². The lowest BCUT2D eigenvalue weighted by Gasteiger charge is -2.30. The number of unbranched alkanes of at least 4 members (excludes halogenated alkanes) is 1. The maximum atomic E-state index is 13.1. The lowest BCUT2D eigenvalue weighted by molar-refractivity contribution is -0.121. The lowest BCUT2D eigenvalue weighted by atomic mass is 10.1. The highest BCUT2D eigenvalue weighted by Crippen LogP contribution is 2.36. The molecule has 0 aliphatic carbocycles. The van der Waals surface area contributed by atoms with E-state index in [-0.39, 0.29) is 24.0 Å². The van der Waals surface area contributed by atoms with E-state index in [4.69, 9.17) is 18.9 Å². The lowest BCUT2D eigenvalue weighted by Crippen LogP contribution is -2.39. The second-order valence-corrected chi connectivity index (χ2v) is 8.38. The smallest absolute Gasteiger partial charge is 0.265 e. The van der Waals surface area contributed by atoms with Gasteiger partial charge in [0.25, 0.3) is 11.8 Å². The third kappa shape index (κ3) is 5.71. The SMILES string of the molecule is COc1cccc(OC)c1C(=O)Nc1ccc2c(c1)N(CCCCOc1ccc(C)cc1)C(=O)CO2. The summed E-state index contributed by atoms with van der Waals surface area (Å²) in [6, 6.07) is 18.3. The number of fused-ring (bicyclic) bond motifs is 1. The number of ether oxygens (including phenoxy) is 4. The van der Waals surface area contributed by atoms with Crippen LogP contribution in [0.15, 0.2) is 60.7 Å². The number of benzene rings is 3. The average Bonchev–Trinajstić information content (AvgIpc) is 2.90. The number of methoxy groups -OCH3 is 2. The Balaban J connectivity index is 1.42. The molecule has 3 aromatic rings. The van der Waals surface area contributed by atoms with Gasteiger partial charge in [0.1, 0.15) is 28.6 Å². The Morgan fingerprint density at radius 3 is 2.42 bits per heavy atom. The molecule has 1 N–H and O–H groups in total. The van der Waals surface area contributed by atoms with Crippen molar-refractivity contribution >= 4 is 23.2 Å². The minimum absolute atomic E-state index is 0.0169. The van der Waals surface area contributed by atoms with E-state index in [0.717, 1.165) is 18.6 Å². The number of nitrogens with one attached hydrogen (secondary N) is 1. The minimum atomic E-state index is -0.382. The van der Waals surface area contributed by atoms with Gasteiger partial charge < -0.3 is 29.2 Å². The number of hydrogen-bond donors (Lipinski definition) is 1. The zero-order valence-electron chi connectivity index (χ0n) is 20.7. The van der Waals surface area contributed by atoms with Crippen LogP contribution in [0, 0.1) is 6.92 Å². The van der Waals surface area contributed by atoms with Crippen LogP contribution in [-0.2, 0) is 4.79 Å². The van der Waals surface area contributed by atoms with Crippen molar-refractivity contribution in [2.75, 3.05) is 44.2 Å². The fourth-order valence-corrected chi connectivity index (χ4v) is 3.99. The highest BCUT2D eigenvalue weighted by Gasteiger charge is 2.26. The summed E-state index contributed by atoms with van der Waals surface area (Å²) in [6.07, 6.45) is 1.55. The third-order valence-electron chi connectivity index (χ3n) is 5.88. The van der Waals surface area contributed by atoms with Gasteiger partial charge in [0, 0.05) is 12.2 Å². The van der Waals surface area contributed by atoms with Gasteiger partial charge >= 0.3 is 0 Å². The summed E-state index contributed by atoms with van der Waals surface area (Å²) in [6.45, 7) is 3.10. The normalized spacial score (nSPS) is 12.4. The molecule has 0 fully saturated rings. The Bertz CT molecular complexity index is 1200. The monoisotopic (exact) mass is 490 g/mol. The molecule has 0 bridgehead atoms. The molecule has 0 spiro atoms. The molecule has 8 nitrogen and oxygen atoms in total. The Morgan fingerprint density at radius 2 is 1.72 bits per heavy atom. The first-order valence-corrected chi connectivity index (χ1v) is 11.8. The fraction of sp³-hybridized carbons (Fsp3) is 0.286. The van der Waals surface area contributed by atoms with Crippen LogP contribution in [0.25, 0.3) is 0 Å². The number of carbonyl (C=O) groups is 2. The molecule has 36 heavy (non-hydrogen) atoms. The molecule has 0 radical (unpaired) electrons. The quantitative estimate of drug-likeness (QED) is 0.409. The van der Waals surface area contributed by atoms with Gasteiger partial charge in [0.2, 0.25) is 0 Å². The summed E-state index contributed by atoms with van der Waals surface area (Å²) in [5.74, 6) is 1.72. The van der Waals surface area contributed by atoms with E-state index in [0.29, 0.717) is 41.8 Å². The maximum absolute atomic E-state index is 13.1. The molecule has 0 saturated heterocycles. The largest absolute Gasteiger partial charge is 0.496 e. The van der Waals surface area contributed by atoms with Crippen molar-refractivity contribution in [3.8, 4) is 23.0 Å². The van der Waals surface area contributed by atoms with E-state index < -0.39 is 0 Å². The molecule has 3 aromatic carbocycles. The van der Waals surface area contributed by atoms with Crippen LogP contribution in [0.4, 0.5) is 11.4 Å². The standard InChI is InChI=1S/C28H30N2O6/c1-19-9-12-21(13-10-19)35-16-5-4-15-30-22-17-20(11-14-23(22)36-18-26(30)31)29-28(32)27-24(33-2)7-6-8-25(27)34-3/h6-14,17H,4-5,15-16,18H2,1-3H3,(H,29,32). The molecule has 1 aliphatic heterocycles. The zero-order chi connectivity index (χ0) is 25.5. The molecular weight excluding hydrogens is 460 g/mol. The molecule has 0 unspecified atom stereocenters. The van der Waals surface area contributed by atoms with Gasteiger partial charge in [-0.15, -0.1) is 0 Å². The van der Waals surface area contributed by atoms with E-state index in [9.17, 15) is 9.59 Å². The highest BCUT2D eigenvalue weighted by atomic mass is 16.5. The van der Waals surface area contributed by atoms with Crippen molar-refractivity contribution in [2.24, 2.45) is 0 Å². The van der Waals surface area contributed by atoms with E-state index in [1.165, 1.54) is 19.8 Å². The summed E-state index contributed by atoms with van der Waals surface area (Å²) in [5, 5.41) is 2.88. The molecule has 1 heterocycles. The first kappa shape index (κ1) is 24.9. The predicted octanol–water partition coefficient (Wildman–Crippen LogP) is 4.85. The summed E-state index contributed by atoms with van der Waals surface area (Å²) < 4.78 is 22.1. The van der Waals surface area contributed by atoms with Gasteiger partial charge in [-0.25, -0.2) is 0 Å². The van der Waals surface area contributed by atoms with Crippen molar-refractivity contribution in [2.45, 2.75) is 19.8 Å². The van der Waals surface area contributed by atoms with E-state index in [1.807, 2.05) is 31.2 Å². The van der Waals surface area contributed by atoms with Gasteiger partial charge in [0.15, 0.2) is 6.61 Å². The molecule has 188 valence electrons. The first-order valence-electron chi connectivity index (χ1n) is 11.8. The number of amides is 2. The number of carbonyl (C=O) groups excluding carboxylic acids is 2. The number of aryl methyl sites for hydroxylation is 1. The first-order chi connectivity index (χ1) is 17.5. The van der Waals surface area contributed by atoms with Crippen molar-refractivity contribution in [3.63, 3.8) is 0 Å².